The molecule has 1 aliphatic rings. The van der Waals surface area contributed by atoms with E-state index in [9.17, 15) is 9.18 Å². The van der Waals surface area contributed by atoms with Gasteiger partial charge in [-0.3, -0.25) is 9.69 Å². The third kappa shape index (κ3) is 2.43. The average Bonchev–Trinajstić information content (AvgIpc) is 2.80. The van der Waals surface area contributed by atoms with Gasteiger partial charge in [-0.15, -0.1) is 11.8 Å². The van der Waals surface area contributed by atoms with E-state index in [1.807, 2.05) is 37.3 Å². The Morgan fingerprint density at radius 1 is 1.20 bits per heavy atom. The molecule has 2 nitrogen and oxygen atoms in total. The molecule has 0 aliphatic carbocycles. The Bertz CT molecular complexity index is 658. The number of nitrogens with zero attached hydrogens (tertiary/aromatic N) is 1. The van der Waals surface area contributed by atoms with Gasteiger partial charge in [0, 0.05) is 5.69 Å². The summed E-state index contributed by atoms with van der Waals surface area (Å²) in [5.41, 5.74) is 2.79. The summed E-state index contributed by atoms with van der Waals surface area (Å²) < 4.78 is 13.4. The molecule has 0 saturated carbocycles. The van der Waals surface area contributed by atoms with E-state index in [0.29, 0.717) is 5.75 Å². The Morgan fingerprint density at radius 2 is 2.00 bits per heavy atom. The van der Waals surface area contributed by atoms with Gasteiger partial charge in [0.05, 0.1) is 5.75 Å². The fourth-order valence-electron chi connectivity index (χ4n) is 2.39. The number of carbonyl (C=O) groups excluding carboxylic acids is 1. The summed E-state index contributed by atoms with van der Waals surface area (Å²) in [4.78, 5) is 13.9. The Hall–Kier alpha value is -1.81. The molecule has 0 bridgehead atoms. The fourth-order valence-corrected chi connectivity index (χ4v) is 3.55. The van der Waals surface area contributed by atoms with Crippen molar-refractivity contribution in [2.75, 3.05) is 10.7 Å². The second kappa shape index (κ2) is 5.29. The van der Waals surface area contributed by atoms with Crippen LogP contribution in [0.15, 0.2) is 48.5 Å². The van der Waals surface area contributed by atoms with Crippen molar-refractivity contribution < 1.29 is 9.18 Å². The molecule has 4 heteroatoms. The summed E-state index contributed by atoms with van der Waals surface area (Å²) in [6.45, 7) is 1.99. The van der Waals surface area contributed by atoms with Gasteiger partial charge in [-0.1, -0.05) is 24.3 Å². The summed E-state index contributed by atoms with van der Waals surface area (Å²) in [5, 5.41) is -0.153. The first-order valence-electron chi connectivity index (χ1n) is 6.41. The molecule has 1 saturated heterocycles. The van der Waals surface area contributed by atoms with Crippen molar-refractivity contribution in [3.05, 3.63) is 65.5 Å². The van der Waals surface area contributed by atoms with Gasteiger partial charge < -0.3 is 0 Å². The van der Waals surface area contributed by atoms with Crippen LogP contribution >= 0.6 is 11.8 Å². The Morgan fingerprint density at radius 3 is 2.75 bits per heavy atom. The SMILES string of the molecule is Cc1cccc(N2C(=O)CS[C@@H]2c2cccc(F)c2)c1. The van der Waals surface area contributed by atoms with Crippen LogP contribution in [0.3, 0.4) is 0 Å². The van der Waals surface area contributed by atoms with E-state index in [1.54, 1.807) is 11.0 Å². The van der Waals surface area contributed by atoms with Gasteiger partial charge in [0.2, 0.25) is 5.91 Å². The average molecular weight is 287 g/mol. The Kier molecular flexibility index (Phi) is 3.49. The molecule has 0 radical (unpaired) electrons. The maximum atomic E-state index is 13.4. The maximum Gasteiger partial charge on any atom is 0.238 e. The fraction of sp³-hybridized carbons (Fsp3) is 0.188. The summed E-state index contributed by atoms with van der Waals surface area (Å²) >= 11 is 1.53. The smallest absolute Gasteiger partial charge is 0.238 e. The number of anilines is 1. The van der Waals surface area contributed by atoms with Crippen LogP contribution in [0, 0.1) is 12.7 Å². The summed E-state index contributed by atoms with van der Waals surface area (Å²) in [5.74, 6) is 0.219. The van der Waals surface area contributed by atoms with Crippen molar-refractivity contribution in [2.45, 2.75) is 12.3 Å². The van der Waals surface area contributed by atoms with Crippen LogP contribution in [0.2, 0.25) is 0 Å². The molecule has 1 amide bonds. The van der Waals surface area contributed by atoms with Crippen LogP contribution < -0.4 is 4.90 Å². The van der Waals surface area contributed by atoms with Crippen LogP contribution in [0.25, 0.3) is 0 Å². The number of halogens is 1. The van der Waals surface area contributed by atoms with Crippen LogP contribution in [-0.2, 0) is 4.79 Å². The van der Waals surface area contributed by atoms with Crippen LogP contribution in [0.4, 0.5) is 10.1 Å². The van der Waals surface area contributed by atoms with Crippen molar-refractivity contribution in [3.8, 4) is 0 Å². The third-order valence-electron chi connectivity index (χ3n) is 3.28. The zero-order valence-electron chi connectivity index (χ0n) is 11.0. The molecule has 3 rings (SSSR count). The molecule has 0 unspecified atom stereocenters. The molecular weight excluding hydrogens is 273 g/mol. The number of carbonyl (C=O) groups is 1. The molecule has 0 aromatic heterocycles. The Labute approximate surface area is 121 Å². The van der Waals surface area contributed by atoms with E-state index < -0.39 is 0 Å². The van der Waals surface area contributed by atoms with Crippen molar-refractivity contribution in [1.82, 2.24) is 0 Å². The lowest BCUT2D eigenvalue weighted by atomic mass is 10.1. The topological polar surface area (TPSA) is 20.3 Å². The van der Waals surface area contributed by atoms with E-state index in [1.165, 1.54) is 23.9 Å². The second-order valence-corrected chi connectivity index (χ2v) is 5.89. The van der Waals surface area contributed by atoms with Crippen LogP contribution in [0.1, 0.15) is 16.5 Å². The first-order chi connectivity index (χ1) is 9.65. The third-order valence-corrected chi connectivity index (χ3v) is 4.49. The standard InChI is InChI=1S/C16H14FNOS/c1-11-4-2-7-14(8-11)18-15(19)10-20-16(18)12-5-3-6-13(17)9-12/h2-9,16H,10H2,1H3/t16-/m1/s1. The molecular formula is C16H14FNOS. The predicted molar refractivity (Wildman–Crippen MR) is 80.3 cm³/mol. The molecule has 1 atom stereocenters. The number of aryl methyl sites for hydroxylation is 1. The van der Waals surface area contributed by atoms with Crippen molar-refractivity contribution >= 4 is 23.4 Å². The van der Waals surface area contributed by atoms with Crippen molar-refractivity contribution in [2.24, 2.45) is 0 Å². The summed E-state index contributed by atoms with van der Waals surface area (Å²) in [6.07, 6.45) is 0. The molecule has 1 fully saturated rings. The molecule has 2 aromatic carbocycles. The largest absolute Gasteiger partial charge is 0.295 e. The summed E-state index contributed by atoms with van der Waals surface area (Å²) in [6, 6.07) is 14.3. The van der Waals surface area contributed by atoms with Crippen LogP contribution in [-0.4, -0.2) is 11.7 Å². The lowest BCUT2D eigenvalue weighted by Crippen LogP contribution is -2.27. The minimum absolute atomic E-state index is 0.0647. The van der Waals surface area contributed by atoms with Crippen molar-refractivity contribution in [3.63, 3.8) is 0 Å². The molecule has 0 N–H and O–H groups in total. The number of hydrogen-bond acceptors (Lipinski definition) is 2. The van der Waals surface area contributed by atoms with Gasteiger partial charge in [0.25, 0.3) is 0 Å². The van der Waals surface area contributed by atoms with Gasteiger partial charge in [-0.05, 0) is 42.3 Å². The highest BCUT2D eigenvalue weighted by Gasteiger charge is 2.34. The van der Waals surface area contributed by atoms with E-state index in [-0.39, 0.29) is 17.1 Å². The molecule has 2 aromatic rings. The van der Waals surface area contributed by atoms with Crippen molar-refractivity contribution in [1.29, 1.82) is 0 Å². The minimum Gasteiger partial charge on any atom is -0.295 e. The first-order valence-corrected chi connectivity index (χ1v) is 7.46. The molecule has 20 heavy (non-hydrogen) atoms. The van der Waals surface area contributed by atoms with Gasteiger partial charge in [0.1, 0.15) is 11.2 Å². The molecule has 0 spiro atoms. The maximum absolute atomic E-state index is 13.4. The Balaban J connectivity index is 2.01. The quantitative estimate of drug-likeness (QED) is 0.834. The minimum atomic E-state index is -0.272. The predicted octanol–water partition coefficient (Wildman–Crippen LogP) is 3.91. The zero-order chi connectivity index (χ0) is 14.1. The highest BCUT2D eigenvalue weighted by atomic mass is 32.2. The van der Waals surface area contributed by atoms with Gasteiger partial charge in [-0.2, -0.15) is 0 Å². The summed E-state index contributed by atoms with van der Waals surface area (Å²) in [7, 11) is 0. The lowest BCUT2D eigenvalue weighted by Gasteiger charge is -2.24. The molecule has 1 aliphatic heterocycles. The van der Waals surface area contributed by atoms with Crippen LogP contribution in [0.5, 0.6) is 0 Å². The highest BCUT2D eigenvalue weighted by molar-refractivity contribution is 8.00. The number of hydrogen-bond donors (Lipinski definition) is 0. The van der Waals surface area contributed by atoms with E-state index >= 15 is 0 Å². The number of rotatable bonds is 2. The number of amides is 1. The lowest BCUT2D eigenvalue weighted by molar-refractivity contribution is -0.115. The zero-order valence-corrected chi connectivity index (χ0v) is 11.9. The number of thioether (sulfide) groups is 1. The van der Waals surface area contributed by atoms with Gasteiger partial charge in [-0.25, -0.2) is 4.39 Å². The van der Waals surface area contributed by atoms with E-state index in [2.05, 4.69) is 0 Å². The molecule has 1 heterocycles. The normalized spacial score (nSPS) is 18.6. The van der Waals surface area contributed by atoms with Gasteiger partial charge >= 0.3 is 0 Å². The monoisotopic (exact) mass is 287 g/mol. The van der Waals surface area contributed by atoms with E-state index in [4.69, 9.17) is 0 Å². The first kappa shape index (κ1) is 13.2. The van der Waals surface area contributed by atoms with E-state index in [0.717, 1.165) is 16.8 Å². The molecule has 102 valence electrons. The second-order valence-electron chi connectivity index (χ2n) is 4.82. The highest BCUT2D eigenvalue weighted by Crippen LogP contribution is 2.41. The number of benzene rings is 2. The van der Waals surface area contributed by atoms with Gasteiger partial charge in [0.15, 0.2) is 0 Å².